The predicted octanol–water partition coefficient (Wildman–Crippen LogP) is 3.13. The monoisotopic (exact) mass is 393 g/mol. The number of benzene rings is 1. The molecule has 2 N–H and O–H groups in total. The molecule has 3 rings (SSSR count). The second-order valence-electron chi connectivity index (χ2n) is 5.74. The van der Waals surface area contributed by atoms with Crippen molar-refractivity contribution in [2.75, 3.05) is 7.05 Å². The van der Waals surface area contributed by atoms with Gasteiger partial charge in [-0.1, -0.05) is 0 Å². The van der Waals surface area contributed by atoms with Gasteiger partial charge in [-0.3, -0.25) is 14.8 Å². The first-order valence-electron chi connectivity index (χ1n) is 8.25. The molecule has 0 unspecified atom stereocenters. The number of aromatic nitrogens is 2. The highest BCUT2D eigenvalue weighted by atomic mass is 19.2. The topological polar surface area (TPSA) is 111 Å². The van der Waals surface area contributed by atoms with Crippen LogP contribution in [-0.4, -0.2) is 33.7 Å². The van der Waals surface area contributed by atoms with E-state index < -0.39 is 17.5 Å². The number of hydrogen-bond donors (Lipinski definition) is 2. The Morgan fingerprint density at radius 3 is 2.59 bits per heavy atom. The van der Waals surface area contributed by atoms with Crippen LogP contribution in [0.25, 0.3) is 11.3 Å². The van der Waals surface area contributed by atoms with E-state index in [2.05, 4.69) is 20.3 Å². The smallest absolute Gasteiger partial charge is 0.269 e. The third-order valence-corrected chi connectivity index (χ3v) is 3.92. The molecule has 0 spiro atoms. The summed E-state index contributed by atoms with van der Waals surface area (Å²) in [5.74, 6) is -2.92. The summed E-state index contributed by atoms with van der Waals surface area (Å²) in [6.07, 6.45) is 2.73. The van der Waals surface area contributed by atoms with Crippen LogP contribution in [0.5, 0.6) is 5.75 Å². The third kappa shape index (κ3) is 4.06. The SMILES string of the molecule is CNC(=O)c1cc(-c2nccc(C(C#N)=Nc3ccc(F)c(F)c3)c2O)ccn1. The van der Waals surface area contributed by atoms with E-state index in [9.17, 15) is 23.9 Å². The summed E-state index contributed by atoms with van der Waals surface area (Å²) < 4.78 is 26.5. The summed E-state index contributed by atoms with van der Waals surface area (Å²) in [6, 6.07) is 9.09. The molecule has 1 aromatic carbocycles. The van der Waals surface area contributed by atoms with Gasteiger partial charge in [0.05, 0.1) is 11.3 Å². The van der Waals surface area contributed by atoms with Crippen molar-refractivity contribution in [1.29, 1.82) is 5.26 Å². The minimum absolute atomic E-state index is 0.00373. The van der Waals surface area contributed by atoms with Gasteiger partial charge in [-0.2, -0.15) is 5.26 Å². The summed E-state index contributed by atoms with van der Waals surface area (Å²) in [7, 11) is 1.46. The Bertz CT molecular complexity index is 1170. The van der Waals surface area contributed by atoms with E-state index in [1.165, 1.54) is 43.7 Å². The Balaban J connectivity index is 2.08. The lowest BCUT2D eigenvalue weighted by atomic mass is 10.0. The first-order chi connectivity index (χ1) is 13.9. The summed E-state index contributed by atoms with van der Waals surface area (Å²) in [5.41, 5.74) is 0.432. The van der Waals surface area contributed by atoms with Crippen molar-refractivity contribution in [2.45, 2.75) is 0 Å². The van der Waals surface area contributed by atoms with E-state index >= 15 is 0 Å². The van der Waals surface area contributed by atoms with Gasteiger partial charge in [-0.15, -0.1) is 0 Å². The second-order valence-corrected chi connectivity index (χ2v) is 5.74. The highest BCUT2D eigenvalue weighted by Crippen LogP contribution is 2.31. The van der Waals surface area contributed by atoms with Crippen LogP contribution in [0, 0.1) is 23.0 Å². The van der Waals surface area contributed by atoms with Crippen molar-refractivity contribution in [1.82, 2.24) is 15.3 Å². The number of aliphatic imine (C=N–C) groups is 1. The van der Waals surface area contributed by atoms with Gasteiger partial charge in [0, 0.05) is 31.1 Å². The van der Waals surface area contributed by atoms with Gasteiger partial charge in [-0.05, 0) is 30.3 Å². The number of carbonyl (C=O) groups is 1. The van der Waals surface area contributed by atoms with E-state index in [1.54, 1.807) is 0 Å². The fraction of sp³-hybridized carbons (Fsp3) is 0.0500. The van der Waals surface area contributed by atoms with Gasteiger partial charge in [0.25, 0.3) is 5.91 Å². The van der Waals surface area contributed by atoms with Gasteiger partial charge in [0.1, 0.15) is 17.5 Å². The number of halogens is 2. The maximum Gasteiger partial charge on any atom is 0.269 e. The van der Waals surface area contributed by atoms with E-state index in [-0.39, 0.29) is 34.1 Å². The molecule has 0 bridgehead atoms. The zero-order valence-corrected chi connectivity index (χ0v) is 15.0. The van der Waals surface area contributed by atoms with E-state index in [4.69, 9.17) is 0 Å². The Labute approximate surface area is 164 Å². The van der Waals surface area contributed by atoms with Gasteiger partial charge in [0.15, 0.2) is 23.1 Å². The summed E-state index contributed by atoms with van der Waals surface area (Å²) in [6.45, 7) is 0. The lowest BCUT2D eigenvalue weighted by molar-refractivity contribution is 0.0958. The molecule has 9 heteroatoms. The summed E-state index contributed by atoms with van der Waals surface area (Å²) in [5, 5.41) is 22.6. The van der Waals surface area contributed by atoms with Crippen molar-refractivity contribution in [3.63, 3.8) is 0 Å². The zero-order chi connectivity index (χ0) is 21.0. The number of aromatic hydroxyl groups is 1. The Morgan fingerprint density at radius 2 is 1.90 bits per heavy atom. The number of nitrogens with one attached hydrogen (secondary N) is 1. The number of nitriles is 1. The fourth-order valence-corrected chi connectivity index (χ4v) is 2.52. The van der Waals surface area contributed by atoms with Crippen molar-refractivity contribution >= 4 is 17.3 Å². The quantitative estimate of drug-likeness (QED) is 0.662. The second kappa shape index (κ2) is 8.22. The first kappa shape index (κ1) is 19.6. The Morgan fingerprint density at radius 1 is 1.14 bits per heavy atom. The third-order valence-electron chi connectivity index (χ3n) is 3.92. The average Bonchev–Trinajstić information content (AvgIpc) is 2.74. The molecule has 2 aromatic heterocycles. The largest absolute Gasteiger partial charge is 0.505 e. The molecule has 7 nitrogen and oxygen atoms in total. The van der Waals surface area contributed by atoms with Crippen LogP contribution in [0.1, 0.15) is 16.1 Å². The molecule has 0 atom stereocenters. The minimum atomic E-state index is -1.11. The molecular weight excluding hydrogens is 380 g/mol. The summed E-state index contributed by atoms with van der Waals surface area (Å²) >= 11 is 0. The number of amides is 1. The van der Waals surface area contributed by atoms with Crippen LogP contribution in [-0.2, 0) is 0 Å². The average molecular weight is 393 g/mol. The number of nitrogens with zero attached hydrogens (tertiary/aromatic N) is 4. The van der Waals surface area contributed by atoms with Gasteiger partial charge in [0.2, 0.25) is 0 Å². The Kier molecular flexibility index (Phi) is 5.55. The molecule has 0 aliphatic heterocycles. The van der Waals surface area contributed by atoms with E-state index in [0.29, 0.717) is 5.56 Å². The maximum absolute atomic E-state index is 13.4. The van der Waals surface area contributed by atoms with Crippen molar-refractivity contribution in [2.24, 2.45) is 4.99 Å². The molecule has 0 saturated carbocycles. The molecule has 3 aromatic rings. The number of carbonyl (C=O) groups excluding carboxylic acids is 1. The molecule has 144 valence electrons. The number of hydrogen-bond acceptors (Lipinski definition) is 6. The van der Waals surface area contributed by atoms with Crippen LogP contribution in [0.4, 0.5) is 14.5 Å². The van der Waals surface area contributed by atoms with Gasteiger partial charge in [-0.25, -0.2) is 13.8 Å². The van der Waals surface area contributed by atoms with Crippen molar-refractivity contribution < 1.29 is 18.7 Å². The molecule has 1 amide bonds. The van der Waals surface area contributed by atoms with Crippen molar-refractivity contribution in [3.8, 4) is 23.1 Å². The van der Waals surface area contributed by atoms with Crippen LogP contribution >= 0.6 is 0 Å². The summed E-state index contributed by atoms with van der Waals surface area (Å²) in [4.78, 5) is 23.8. The molecular formula is C20H13F2N5O2. The molecule has 0 aliphatic rings. The molecule has 29 heavy (non-hydrogen) atoms. The van der Waals surface area contributed by atoms with Gasteiger partial charge < -0.3 is 10.4 Å². The van der Waals surface area contributed by atoms with Crippen LogP contribution in [0.15, 0.2) is 53.8 Å². The predicted molar refractivity (Wildman–Crippen MR) is 101 cm³/mol. The van der Waals surface area contributed by atoms with E-state index in [0.717, 1.165) is 12.1 Å². The highest BCUT2D eigenvalue weighted by Gasteiger charge is 2.17. The fourth-order valence-electron chi connectivity index (χ4n) is 2.52. The zero-order valence-electron chi connectivity index (χ0n) is 15.0. The molecule has 0 saturated heterocycles. The van der Waals surface area contributed by atoms with Crippen molar-refractivity contribution in [3.05, 3.63) is 71.7 Å². The Hall–Kier alpha value is -4.19. The van der Waals surface area contributed by atoms with Crippen LogP contribution in [0.3, 0.4) is 0 Å². The molecule has 0 aliphatic carbocycles. The van der Waals surface area contributed by atoms with E-state index in [1.807, 2.05) is 6.07 Å². The number of pyridine rings is 2. The first-order valence-corrected chi connectivity index (χ1v) is 8.25. The normalized spacial score (nSPS) is 11.0. The lowest BCUT2D eigenvalue weighted by Crippen LogP contribution is -2.19. The molecule has 0 fully saturated rings. The van der Waals surface area contributed by atoms with Crippen LogP contribution in [0.2, 0.25) is 0 Å². The maximum atomic E-state index is 13.4. The lowest BCUT2D eigenvalue weighted by Gasteiger charge is -2.09. The standard InChI is InChI=1S/C20H13F2N5O2/c1-24-20(29)16-8-11(4-6-25-16)18-19(28)13(5-7-26-18)17(10-23)27-12-2-3-14(21)15(22)9-12/h2-9,28H,1H3,(H,24,29). The molecule has 2 heterocycles. The minimum Gasteiger partial charge on any atom is -0.505 e. The molecule has 0 radical (unpaired) electrons. The number of rotatable bonds is 4. The van der Waals surface area contributed by atoms with Gasteiger partial charge >= 0.3 is 0 Å². The van der Waals surface area contributed by atoms with Crippen LogP contribution < -0.4 is 5.32 Å². The highest BCUT2D eigenvalue weighted by molar-refractivity contribution is 6.15.